The van der Waals surface area contributed by atoms with Crippen LogP contribution in [-0.4, -0.2) is 35.7 Å². The van der Waals surface area contributed by atoms with Gasteiger partial charge in [-0.05, 0) is 37.5 Å². The normalized spacial score (nSPS) is 42.2. The van der Waals surface area contributed by atoms with E-state index in [4.69, 9.17) is 5.11 Å². The molecule has 0 amide bonds. The van der Waals surface area contributed by atoms with Crippen molar-refractivity contribution in [1.82, 2.24) is 4.90 Å². The van der Waals surface area contributed by atoms with E-state index < -0.39 is 0 Å². The first-order valence-corrected chi connectivity index (χ1v) is 5.55. The van der Waals surface area contributed by atoms with Gasteiger partial charge in [0, 0.05) is 19.1 Å². The molecule has 2 heteroatoms. The lowest BCUT2D eigenvalue weighted by Crippen LogP contribution is -2.34. The second-order valence-corrected chi connectivity index (χ2v) is 5.08. The van der Waals surface area contributed by atoms with Crippen molar-refractivity contribution in [1.29, 1.82) is 0 Å². The molecule has 0 bridgehead atoms. The number of hydrogen-bond acceptors (Lipinski definition) is 2. The van der Waals surface area contributed by atoms with Gasteiger partial charge in [-0.25, -0.2) is 0 Å². The fourth-order valence-electron chi connectivity index (χ4n) is 3.11. The van der Waals surface area contributed by atoms with Gasteiger partial charge in [-0.2, -0.15) is 0 Å². The highest BCUT2D eigenvalue weighted by molar-refractivity contribution is 4.92. The molecule has 1 unspecified atom stereocenters. The summed E-state index contributed by atoms with van der Waals surface area (Å²) in [5.74, 6) is 2.81. The molecule has 2 fully saturated rings. The van der Waals surface area contributed by atoms with Crippen molar-refractivity contribution in [2.45, 2.75) is 32.7 Å². The Kier molecular flexibility index (Phi) is 2.61. The molecule has 0 aromatic rings. The van der Waals surface area contributed by atoms with E-state index in [0.717, 1.165) is 17.8 Å². The first kappa shape index (κ1) is 9.47. The van der Waals surface area contributed by atoms with Crippen LogP contribution in [0.1, 0.15) is 26.7 Å². The number of aliphatic hydroxyl groups excluding tert-OH is 1. The van der Waals surface area contributed by atoms with E-state index in [1.807, 2.05) is 0 Å². The predicted octanol–water partition coefficient (Wildman–Crippen LogP) is 1.35. The number of fused-ring (bicyclic) bond motifs is 1. The third kappa shape index (κ3) is 1.75. The van der Waals surface area contributed by atoms with Gasteiger partial charge in [0.05, 0.1) is 6.61 Å². The lowest BCUT2D eigenvalue weighted by molar-refractivity contribution is 0.148. The minimum atomic E-state index is 0.314. The molecule has 0 radical (unpaired) electrons. The summed E-state index contributed by atoms with van der Waals surface area (Å²) in [7, 11) is 0. The summed E-state index contributed by atoms with van der Waals surface area (Å²) in [5, 5.41) is 9.07. The SMILES string of the molecule is CC1C[C@@H]2CN([C@H](C)CO)C[C@@H]2C1. The Balaban J connectivity index is 1.90. The van der Waals surface area contributed by atoms with Crippen LogP contribution < -0.4 is 0 Å². The van der Waals surface area contributed by atoms with Gasteiger partial charge in [0.1, 0.15) is 0 Å². The molecule has 76 valence electrons. The maximum Gasteiger partial charge on any atom is 0.0584 e. The summed E-state index contributed by atoms with van der Waals surface area (Å²) in [4.78, 5) is 2.46. The minimum absolute atomic E-state index is 0.314. The first-order chi connectivity index (χ1) is 6.20. The monoisotopic (exact) mass is 183 g/mol. The number of likely N-dealkylation sites (tertiary alicyclic amines) is 1. The van der Waals surface area contributed by atoms with E-state index in [0.29, 0.717) is 12.6 Å². The van der Waals surface area contributed by atoms with Crippen LogP contribution in [0.5, 0.6) is 0 Å². The highest BCUT2D eigenvalue weighted by Gasteiger charge is 2.40. The summed E-state index contributed by atoms with van der Waals surface area (Å²) in [6, 6.07) is 0.376. The van der Waals surface area contributed by atoms with Crippen molar-refractivity contribution in [3.8, 4) is 0 Å². The maximum absolute atomic E-state index is 9.07. The van der Waals surface area contributed by atoms with Crippen LogP contribution in [0, 0.1) is 17.8 Å². The van der Waals surface area contributed by atoms with Crippen molar-refractivity contribution < 1.29 is 5.11 Å². The van der Waals surface area contributed by atoms with E-state index >= 15 is 0 Å². The van der Waals surface area contributed by atoms with Gasteiger partial charge in [-0.3, -0.25) is 4.90 Å². The highest BCUT2D eigenvalue weighted by atomic mass is 16.3. The van der Waals surface area contributed by atoms with E-state index in [2.05, 4.69) is 18.7 Å². The summed E-state index contributed by atoms with van der Waals surface area (Å²) in [6.07, 6.45) is 2.83. The molecule has 0 spiro atoms. The van der Waals surface area contributed by atoms with Crippen LogP contribution >= 0.6 is 0 Å². The van der Waals surface area contributed by atoms with Crippen molar-refractivity contribution in [2.75, 3.05) is 19.7 Å². The Hall–Kier alpha value is -0.0800. The predicted molar refractivity (Wildman–Crippen MR) is 53.5 cm³/mol. The quantitative estimate of drug-likeness (QED) is 0.698. The molecule has 1 N–H and O–H groups in total. The lowest BCUT2D eigenvalue weighted by atomic mass is 10.0. The number of rotatable bonds is 2. The Morgan fingerprint density at radius 2 is 1.85 bits per heavy atom. The van der Waals surface area contributed by atoms with Gasteiger partial charge in [-0.15, -0.1) is 0 Å². The third-order valence-corrected chi connectivity index (χ3v) is 3.90. The molecule has 1 heterocycles. The second kappa shape index (κ2) is 3.58. The molecule has 4 atom stereocenters. The summed E-state index contributed by atoms with van der Waals surface area (Å²) in [5.41, 5.74) is 0. The van der Waals surface area contributed by atoms with Gasteiger partial charge in [0.2, 0.25) is 0 Å². The minimum Gasteiger partial charge on any atom is -0.395 e. The topological polar surface area (TPSA) is 23.5 Å². The van der Waals surface area contributed by atoms with Gasteiger partial charge in [0.15, 0.2) is 0 Å². The molecule has 13 heavy (non-hydrogen) atoms. The molecule has 1 saturated carbocycles. The van der Waals surface area contributed by atoms with Crippen molar-refractivity contribution in [3.05, 3.63) is 0 Å². The van der Waals surface area contributed by atoms with Crippen molar-refractivity contribution in [3.63, 3.8) is 0 Å². The average molecular weight is 183 g/mol. The van der Waals surface area contributed by atoms with E-state index in [9.17, 15) is 0 Å². The first-order valence-electron chi connectivity index (χ1n) is 5.55. The zero-order valence-corrected chi connectivity index (χ0v) is 8.74. The molecule has 1 aliphatic carbocycles. The largest absolute Gasteiger partial charge is 0.395 e. The second-order valence-electron chi connectivity index (χ2n) is 5.08. The van der Waals surface area contributed by atoms with Gasteiger partial charge < -0.3 is 5.11 Å². The fraction of sp³-hybridized carbons (Fsp3) is 1.00. The van der Waals surface area contributed by atoms with Crippen LogP contribution in [0.15, 0.2) is 0 Å². The average Bonchev–Trinajstić information content (AvgIpc) is 2.59. The molecule has 2 aliphatic rings. The third-order valence-electron chi connectivity index (χ3n) is 3.90. The Morgan fingerprint density at radius 1 is 1.31 bits per heavy atom. The summed E-state index contributed by atoms with van der Waals surface area (Å²) >= 11 is 0. The molecular formula is C11H21NO. The van der Waals surface area contributed by atoms with Crippen LogP contribution in [-0.2, 0) is 0 Å². The van der Waals surface area contributed by atoms with E-state index in [1.54, 1.807) is 0 Å². The molecule has 0 aromatic heterocycles. The van der Waals surface area contributed by atoms with Crippen molar-refractivity contribution >= 4 is 0 Å². The standard InChI is InChI=1S/C11H21NO/c1-8-3-10-5-12(9(2)7-13)6-11(10)4-8/h8-11,13H,3-7H2,1-2H3/t8?,9-,10-,11+/m1/s1. The highest BCUT2D eigenvalue weighted by Crippen LogP contribution is 2.41. The zero-order chi connectivity index (χ0) is 9.42. The maximum atomic E-state index is 9.07. The fourth-order valence-corrected chi connectivity index (χ4v) is 3.11. The summed E-state index contributed by atoms with van der Waals surface area (Å²) in [6.45, 7) is 7.28. The Labute approximate surface area is 80.9 Å². The number of nitrogens with zero attached hydrogens (tertiary/aromatic N) is 1. The smallest absolute Gasteiger partial charge is 0.0584 e. The summed E-state index contributed by atoms with van der Waals surface area (Å²) < 4.78 is 0. The molecule has 1 aliphatic heterocycles. The number of aliphatic hydroxyl groups is 1. The van der Waals surface area contributed by atoms with Crippen molar-refractivity contribution in [2.24, 2.45) is 17.8 Å². The molecule has 2 rings (SSSR count). The van der Waals surface area contributed by atoms with E-state index in [1.165, 1.54) is 25.9 Å². The van der Waals surface area contributed by atoms with Crippen LogP contribution in [0.2, 0.25) is 0 Å². The van der Waals surface area contributed by atoms with Crippen LogP contribution in [0.3, 0.4) is 0 Å². The van der Waals surface area contributed by atoms with Crippen LogP contribution in [0.4, 0.5) is 0 Å². The lowest BCUT2D eigenvalue weighted by Gasteiger charge is -2.23. The van der Waals surface area contributed by atoms with Gasteiger partial charge >= 0.3 is 0 Å². The number of hydrogen-bond donors (Lipinski definition) is 1. The van der Waals surface area contributed by atoms with E-state index in [-0.39, 0.29) is 0 Å². The molecule has 1 saturated heterocycles. The Bertz CT molecular complexity index is 169. The molecule has 0 aromatic carbocycles. The van der Waals surface area contributed by atoms with Gasteiger partial charge in [0.25, 0.3) is 0 Å². The zero-order valence-electron chi connectivity index (χ0n) is 8.74. The van der Waals surface area contributed by atoms with Crippen LogP contribution in [0.25, 0.3) is 0 Å². The van der Waals surface area contributed by atoms with Gasteiger partial charge in [-0.1, -0.05) is 6.92 Å². The Morgan fingerprint density at radius 3 is 2.31 bits per heavy atom. The molecule has 2 nitrogen and oxygen atoms in total. The molecular weight excluding hydrogens is 162 g/mol.